The van der Waals surface area contributed by atoms with Crippen molar-refractivity contribution in [3.63, 3.8) is 0 Å². The Morgan fingerprint density at radius 3 is 2.81 bits per heavy atom. The largest absolute Gasteiger partial charge is 0.469 e. The topological polar surface area (TPSA) is 85.4 Å². The minimum atomic E-state index is -0.620. The fourth-order valence-electron chi connectivity index (χ4n) is 1.92. The van der Waals surface area contributed by atoms with Crippen molar-refractivity contribution in [1.82, 2.24) is 5.32 Å². The Morgan fingerprint density at radius 2 is 2.19 bits per heavy atom. The highest BCUT2D eigenvalue weighted by Gasteiger charge is 2.21. The first-order valence-corrected chi connectivity index (χ1v) is 6.63. The summed E-state index contributed by atoms with van der Waals surface area (Å²) in [4.78, 5) is 22.3. The predicted molar refractivity (Wildman–Crippen MR) is 77.4 cm³/mol. The fourth-order valence-corrected chi connectivity index (χ4v) is 2.20. The van der Waals surface area contributed by atoms with Crippen LogP contribution in [0.15, 0.2) is 41.0 Å². The van der Waals surface area contributed by atoms with Gasteiger partial charge in [0.1, 0.15) is 10.8 Å². The lowest BCUT2D eigenvalue weighted by Gasteiger charge is -2.13. The Balaban J connectivity index is 2.10. The van der Waals surface area contributed by atoms with Gasteiger partial charge in [0.2, 0.25) is 0 Å². The SMILES string of the molecule is CC(Cc1ccco1)NC(=O)c1cccc([N+](=O)[O-])c1Cl. The van der Waals surface area contributed by atoms with Gasteiger partial charge in [-0.2, -0.15) is 0 Å². The number of hydrogen-bond acceptors (Lipinski definition) is 4. The van der Waals surface area contributed by atoms with Crippen molar-refractivity contribution < 1.29 is 14.1 Å². The molecule has 1 heterocycles. The molecule has 2 aromatic rings. The van der Waals surface area contributed by atoms with Gasteiger partial charge >= 0.3 is 0 Å². The highest BCUT2D eigenvalue weighted by Crippen LogP contribution is 2.27. The van der Waals surface area contributed by atoms with Crippen LogP contribution in [0.2, 0.25) is 5.02 Å². The third kappa shape index (κ3) is 3.61. The Morgan fingerprint density at radius 1 is 1.43 bits per heavy atom. The number of amides is 1. The van der Waals surface area contributed by atoms with Crippen molar-refractivity contribution in [2.24, 2.45) is 0 Å². The van der Waals surface area contributed by atoms with E-state index in [1.807, 2.05) is 13.0 Å². The fraction of sp³-hybridized carbons (Fsp3) is 0.214. The third-order valence-electron chi connectivity index (χ3n) is 2.88. The number of benzene rings is 1. The molecule has 0 radical (unpaired) electrons. The maximum atomic E-state index is 12.1. The van der Waals surface area contributed by atoms with Gasteiger partial charge < -0.3 is 9.73 Å². The molecule has 2 rings (SSSR count). The molecule has 6 nitrogen and oxygen atoms in total. The van der Waals surface area contributed by atoms with E-state index in [0.717, 1.165) is 5.76 Å². The van der Waals surface area contributed by atoms with Crippen LogP contribution >= 0.6 is 11.6 Å². The monoisotopic (exact) mass is 308 g/mol. The number of nitrogens with one attached hydrogen (secondary N) is 1. The van der Waals surface area contributed by atoms with Gasteiger partial charge in [-0.1, -0.05) is 17.7 Å². The van der Waals surface area contributed by atoms with E-state index in [0.29, 0.717) is 6.42 Å². The summed E-state index contributed by atoms with van der Waals surface area (Å²) in [6.07, 6.45) is 2.08. The van der Waals surface area contributed by atoms with Gasteiger partial charge in [0.15, 0.2) is 0 Å². The number of hydrogen-bond donors (Lipinski definition) is 1. The molecule has 21 heavy (non-hydrogen) atoms. The molecule has 1 unspecified atom stereocenters. The molecule has 1 amide bonds. The number of halogens is 1. The summed E-state index contributed by atoms with van der Waals surface area (Å²) in [7, 11) is 0. The zero-order valence-corrected chi connectivity index (χ0v) is 12.0. The van der Waals surface area contributed by atoms with Crippen LogP contribution in [0.5, 0.6) is 0 Å². The van der Waals surface area contributed by atoms with E-state index in [4.69, 9.17) is 16.0 Å². The molecule has 0 saturated heterocycles. The van der Waals surface area contributed by atoms with Crippen LogP contribution < -0.4 is 5.32 Å². The summed E-state index contributed by atoms with van der Waals surface area (Å²) >= 11 is 5.90. The first-order chi connectivity index (χ1) is 9.99. The van der Waals surface area contributed by atoms with E-state index in [2.05, 4.69) is 5.32 Å². The second kappa shape index (κ2) is 6.41. The molecule has 0 fully saturated rings. The minimum absolute atomic E-state index is 0.0807. The summed E-state index contributed by atoms with van der Waals surface area (Å²) in [5.41, 5.74) is -0.208. The molecular formula is C14H13ClN2O4. The molecule has 110 valence electrons. The molecule has 0 spiro atoms. The Bertz CT molecular complexity index is 655. The molecule has 0 aliphatic carbocycles. The molecular weight excluding hydrogens is 296 g/mol. The molecule has 1 atom stereocenters. The van der Waals surface area contributed by atoms with Crippen LogP contribution in [0.1, 0.15) is 23.0 Å². The van der Waals surface area contributed by atoms with E-state index in [-0.39, 0.29) is 22.3 Å². The number of furan rings is 1. The van der Waals surface area contributed by atoms with Gasteiger partial charge in [0, 0.05) is 18.5 Å². The highest BCUT2D eigenvalue weighted by atomic mass is 35.5. The first kappa shape index (κ1) is 15.1. The zero-order chi connectivity index (χ0) is 15.4. The molecule has 0 saturated carbocycles. The average Bonchev–Trinajstić information content (AvgIpc) is 2.91. The van der Waals surface area contributed by atoms with E-state index in [1.54, 1.807) is 12.3 Å². The predicted octanol–water partition coefficient (Wildman–Crippen LogP) is 3.20. The summed E-state index contributed by atoms with van der Waals surface area (Å²) in [5.74, 6) is 0.288. The third-order valence-corrected chi connectivity index (χ3v) is 3.28. The van der Waals surface area contributed by atoms with Gasteiger partial charge in [0.05, 0.1) is 16.7 Å². The van der Waals surface area contributed by atoms with Crippen molar-refractivity contribution in [3.05, 3.63) is 63.1 Å². The van der Waals surface area contributed by atoms with Crippen LogP contribution in [0.4, 0.5) is 5.69 Å². The van der Waals surface area contributed by atoms with Gasteiger partial charge in [0.25, 0.3) is 11.6 Å². The standard InChI is InChI=1S/C14H13ClN2O4/c1-9(8-10-4-3-7-21-10)16-14(18)11-5-2-6-12(13(11)15)17(19)20/h2-7,9H,8H2,1H3,(H,16,18). The maximum absolute atomic E-state index is 12.1. The first-order valence-electron chi connectivity index (χ1n) is 6.25. The Kier molecular flexibility index (Phi) is 4.59. The molecule has 0 aliphatic rings. The summed E-state index contributed by atoms with van der Waals surface area (Å²) in [5, 5.41) is 13.4. The van der Waals surface area contributed by atoms with Crippen LogP contribution in [0, 0.1) is 10.1 Å². The summed E-state index contributed by atoms with van der Waals surface area (Å²) < 4.78 is 5.20. The van der Waals surface area contributed by atoms with Crippen LogP contribution in [-0.2, 0) is 6.42 Å². The number of nitrogens with zero attached hydrogens (tertiary/aromatic N) is 1. The van der Waals surface area contributed by atoms with Gasteiger partial charge in [-0.05, 0) is 25.1 Å². The maximum Gasteiger partial charge on any atom is 0.288 e. The smallest absolute Gasteiger partial charge is 0.288 e. The quantitative estimate of drug-likeness (QED) is 0.679. The van der Waals surface area contributed by atoms with Gasteiger partial charge in [-0.25, -0.2) is 0 Å². The second-order valence-electron chi connectivity index (χ2n) is 4.55. The summed E-state index contributed by atoms with van der Waals surface area (Å²) in [6, 6.07) is 7.51. The Hall–Kier alpha value is -2.34. The number of carbonyl (C=O) groups excluding carboxylic acids is 1. The van der Waals surface area contributed by atoms with Crippen molar-refractivity contribution in [2.45, 2.75) is 19.4 Å². The van der Waals surface area contributed by atoms with Crippen molar-refractivity contribution >= 4 is 23.2 Å². The molecule has 7 heteroatoms. The van der Waals surface area contributed by atoms with E-state index in [9.17, 15) is 14.9 Å². The molecule has 0 bridgehead atoms. The lowest BCUT2D eigenvalue weighted by Crippen LogP contribution is -2.34. The second-order valence-corrected chi connectivity index (χ2v) is 4.93. The van der Waals surface area contributed by atoms with Gasteiger partial charge in [-0.15, -0.1) is 0 Å². The van der Waals surface area contributed by atoms with Crippen molar-refractivity contribution in [2.75, 3.05) is 0 Å². The number of rotatable bonds is 5. The van der Waals surface area contributed by atoms with Gasteiger partial charge in [-0.3, -0.25) is 14.9 Å². The lowest BCUT2D eigenvalue weighted by atomic mass is 10.1. The minimum Gasteiger partial charge on any atom is -0.469 e. The molecule has 0 aliphatic heterocycles. The van der Waals surface area contributed by atoms with Crippen LogP contribution in [0.3, 0.4) is 0 Å². The number of nitro benzene ring substituents is 1. The summed E-state index contributed by atoms with van der Waals surface area (Å²) in [6.45, 7) is 1.81. The highest BCUT2D eigenvalue weighted by molar-refractivity contribution is 6.35. The van der Waals surface area contributed by atoms with Crippen molar-refractivity contribution in [3.8, 4) is 0 Å². The molecule has 1 aromatic heterocycles. The average molecular weight is 309 g/mol. The van der Waals surface area contributed by atoms with E-state index >= 15 is 0 Å². The molecule has 1 aromatic carbocycles. The lowest BCUT2D eigenvalue weighted by molar-refractivity contribution is -0.384. The number of nitro groups is 1. The van der Waals surface area contributed by atoms with E-state index < -0.39 is 10.8 Å². The number of carbonyl (C=O) groups is 1. The van der Waals surface area contributed by atoms with Crippen LogP contribution in [-0.4, -0.2) is 16.9 Å². The normalized spacial score (nSPS) is 11.9. The zero-order valence-electron chi connectivity index (χ0n) is 11.2. The van der Waals surface area contributed by atoms with Crippen molar-refractivity contribution in [1.29, 1.82) is 0 Å². The van der Waals surface area contributed by atoms with Crippen LogP contribution in [0.25, 0.3) is 0 Å². The Labute approximate surface area is 125 Å². The molecule has 1 N–H and O–H groups in total. The van der Waals surface area contributed by atoms with E-state index in [1.165, 1.54) is 18.2 Å².